The molecule has 1 heteroatoms. The second-order valence-corrected chi connectivity index (χ2v) is 5.10. The molecule has 0 aliphatic rings. The van der Waals surface area contributed by atoms with Crippen LogP contribution in [0.4, 0.5) is 0 Å². The summed E-state index contributed by atoms with van der Waals surface area (Å²) in [6.07, 6.45) is 4.02. The maximum Gasteiger partial charge on any atom is -0.00494 e. The van der Waals surface area contributed by atoms with Crippen LogP contribution in [0.2, 0.25) is 0 Å². The maximum atomic E-state index is 3.20. The van der Waals surface area contributed by atoms with Gasteiger partial charge in [-0.3, -0.25) is 0 Å². The Labute approximate surface area is 77.9 Å². The van der Waals surface area contributed by atoms with Crippen LogP contribution in [0.3, 0.4) is 0 Å². The maximum absolute atomic E-state index is 3.20. The monoisotopic (exact) mass is 171 g/mol. The molecule has 1 unspecified atom stereocenters. The third-order valence-corrected chi connectivity index (χ3v) is 2.27. The fraction of sp³-hybridized carbons (Fsp3) is 1.00. The molecule has 0 aromatic rings. The van der Waals surface area contributed by atoms with Crippen LogP contribution in [0.1, 0.15) is 47.0 Å². The molecule has 1 atom stereocenters. The van der Waals surface area contributed by atoms with Crippen molar-refractivity contribution >= 4 is 0 Å². The predicted molar refractivity (Wildman–Crippen MR) is 56.4 cm³/mol. The number of hydrogen-bond donors (Lipinski definition) is 1. The van der Waals surface area contributed by atoms with Crippen molar-refractivity contribution < 1.29 is 0 Å². The van der Waals surface area contributed by atoms with Gasteiger partial charge in [-0.25, -0.2) is 0 Å². The van der Waals surface area contributed by atoms with Crippen molar-refractivity contribution in [2.75, 3.05) is 13.6 Å². The molecule has 12 heavy (non-hydrogen) atoms. The topological polar surface area (TPSA) is 12.0 Å². The molecule has 0 heterocycles. The summed E-state index contributed by atoms with van der Waals surface area (Å²) in [4.78, 5) is 0. The van der Waals surface area contributed by atoms with E-state index in [4.69, 9.17) is 0 Å². The lowest BCUT2D eigenvalue weighted by atomic mass is 9.86. The summed E-state index contributed by atoms with van der Waals surface area (Å²) in [5.41, 5.74) is 0.508. The van der Waals surface area contributed by atoms with E-state index in [1.807, 2.05) is 7.05 Å². The van der Waals surface area contributed by atoms with Crippen LogP contribution in [0.25, 0.3) is 0 Å². The molecule has 0 aromatic heterocycles. The Hall–Kier alpha value is -0.0400. The summed E-state index contributed by atoms with van der Waals surface area (Å²) < 4.78 is 0. The molecule has 0 aromatic carbocycles. The highest BCUT2D eigenvalue weighted by atomic mass is 14.8. The van der Waals surface area contributed by atoms with Gasteiger partial charge in [0.25, 0.3) is 0 Å². The first-order chi connectivity index (χ1) is 5.45. The molecule has 0 spiro atoms. The molecular weight excluding hydrogens is 146 g/mol. The van der Waals surface area contributed by atoms with E-state index in [2.05, 4.69) is 33.0 Å². The van der Waals surface area contributed by atoms with Gasteiger partial charge in [0.15, 0.2) is 0 Å². The van der Waals surface area contributed by atoms with E-state index < -0.39 is 0 Å². The van der Waals surface area contributed by atoms with E-state index in [-0.39, 0.29) is 0 Å². The second kappa shape index (κ2) is 5.58. The van der Waals surface area contributed by atoms with Crippen LogP contribution >= 0.6 is 0 Å². The van der Waals surface area contributed by atoms with Gasteiger partial charge in [-0.05, 0) is 37.8 Å². The Morgan fingerprint density at radius 1 is 1.17 bits per heavy atom. The summed E-state index contributed by atoms with van der Waals surface area (Å²) in [5, 5.41) is 3.20. The number of nitrogens with one attached hydrogen (secondary N) is 1. The zero-order valence-electron chi connectivity index (χ0n) is 9.41. The van der Waals surface area contributed by atoms with Gasteiger partial charge in [0.2, 0.25) is 0 Å². The number of rotatable bonds is 5. The first-order valence-electron chi connectivity index (χ1n) is 5.10. The van der Waals surface area contributed by atoms with Gasteiger partial charge in [-0.1, -0.05) is 34.1 Å². The number of hydrogen-bond acceptors (Lipinski definition) is 1. The van der Waals surface area contributed by atoms with Crippen molar-refractivity contribution in [1.82, 2.24) is 5.32 Å². The fourth-order valence-electron chi connectivity index (χ4n) is 1.21. The van der Waals surface area contributed by atoms with E-state index in [0.717, 1.165) is 12.5 Å². The van der Waals surface area contributed by atoms with E-state index >= 15 is 0 Å². The third-order valence-electron chi connectivity index (χ3n) is 2.27. The average Bonchev–Trinajstić information content (AvgIpc) is 1.95. The first kappa shape index (κ1) is 12.0. The summed E-state index contributed by atoms with van der Waals surface area (Å²) >= 11 is 0. The summed E-state index contributed by atoms with van der Waals surface area (Å²) in [7, 11) is 2.02. The highest BCUT2D eigenvalue weighted by Crippen LogP contribution is 2.24. The van der Waals surface area contributed by atoms with E-state index in [1.54, 1.807) is 0 Å². The third kappa shape index (κ3) is 8.06. The van der Waals surface area contributed by atoms with Crippen molar-refractivity contribution in [1.29, 1.82) is 0 Å². The summed E-state index contributed by atoms with van der Waals surface area (Å²) in [6.45, 7) is 10.5. The highest BCUT2D eigenvalue weighted by Gasteiger charge is 2.11. The van der Waals surface area contributed by atoms with Crippen LogP contribution in [0.5, 0.6) is 0 Å². The van der Waals surface area contributed by atoms with Gasteiger partial charge in [-0.2, -0.15) is 0 Å². The zero-order chi connectivity index (χ0) is 9.61. The molecule has 1 N–H and O–H groups in total. The Bertz CT molecular complexity index is 102. The normalized spacial score (nSPS) is 14.8. The molecule has 0 bridgehead atoms. The van der Waals surface area contributed by atoms with Crippen molar-refractivity contribution in [2.24, 2.45) is 11.3 Å². The van der Waals surface area contributed by atoms with Crippen molar-refractivity contribution in [3.8, 4) is 0 Å². The van der Waals surface area contributed by atoms with Crippen molar-refractivity contribution in [3.05, 3.63) is 0 Å². The van der Waals surface area contributed by atoms with Gasteiger partial charge in [0.1, 0.15) is 0 Å². The van der Waals surface area contributed by atoms with Crippen molar-refractivity contribution in [3.63, 3.8) is 0 Å². The summed E-state index contributed by atoms with van der Waals surface area (Å²) in [6, 6.07) is 0. The first-order valence-corrected chi connectivity index (χ1v) is 5.10. The lowest BCUT2D eigenvalue weighted by Crippen LogP contribution is -2.13. The molecule has 1 nitrogen and oxygen atoms in total. The zero-order valence-corrected chi connectivity index (χ0v) is 9.41. The Morgan fingerprint density at radius 3 is 2.17 bits per heavy atom. The second-order valence-electron chi connectivity index (χ2n) is 5.10. The Kier molecular flexibility index (Phi) is 5.56. The smallest absolute Gasteiger partial charge is 0.00494 e. The van der Waals surface area contributed by atoms with E-state index in [9.17, 15) is 0 Å². The predicted octanol–water partition coefficient (Wildman–Crippen LogP) is 3.06. The van der Waals surface area contributed by atoms with E-state index in [0.29, 0.717) is 5.41 Å². The minimum Gasteiger partial charge on any atom is -0.320 e. The van der Waals surface area contributed by atoms with Crippen LogP contribution < -0.4 is 5.32 Å². The highest BCUT2D eigenvalue weighted by molar-refractivity contribution is 4.64. The van der Waals surface area contributed by atoms with Gasteiger partial charge < -0.3 is 5.32 Å². The van der Waals surface area contributed by atoms with Crippen LogP contribution in [-0.2, 0) is 0 Å². The van der Waals surface area contributed by atoms with Gasteiger partial charge >= 0.3 is 0 Å². The van der Waals surface area contributed by atoms with Crippen LogP contribution in [0, 0.1) is 11.3 Å². The summed E-state index contributed by atoms with van der Waals surface area (Å²) in [5.74, 6) is 0.872. The van der Waals surface area contributed by atoms with E-state index in [1.165, 1.54) is 19.3 Å². The van der Waals surface area contributed by atoms with Crippen molar-refractivity contribution in [2.45, 2.75) is 47.0 Å². The molecule has 0 radical (unpaired) electrons. The minimum atomic E-state index is 0.508. The molecule has 74 valence electrons. The molecule has 0 fully saturated rings. The SMILES string of the molecule is CNCCC(C)CCC(C)(C)C. The molecule has 0 aliphatic heterocycles. The fourth-order valence-corrected chi connectivity index (χ4v) is 1.21. The molecule has 0 saturated heterocycles. The Balaban J connectivity index is 3.37. The standard InChI is InChI=1S/C11H25N/c1-10(7-9-12-5)6-8-11(2,3)4/h10,12H,6-9H2,1-5H3. The molecule has 0 saturated carbocycles. The van der Waals surface area contributed by atoms with Crippen LogP contribution in [0.15, 0.2) is 0 Å². The lowest BCUT2D eigenvalue weighted by Gasteiger charge is -2.20. The van der Waals surface area contributed by atoms with Crippen LogP contribution in [-0.4, -0.2) is 13.6 Å². The quantitative estimate of drug-likeness (QED) is 0.670. The van der Waals surface area contributed by atoms with Gasteiger partial charge in [-0.15, -0.1) is 0 Å². The molecule has 0 amide bonds. The lowest BCUT2D eigenvalue weighted by molar-refractivity contribution is 0.322. The van der Waals surface area contributed by atoms with Gasteiger partial charge in [0.05, 0.1) is 0 Å². The van der Waals surface area contributed by atoms with Gasteiger partial charge in [0, 0.05) is 0 Å². The minimum absolute atomic E-state index is 0.508. The Morgan fingerprint density at radius 2 is 1.75 bits per heavy atom. The molecular formula is C11H25N. The molecule has 0 aliphatic carbocycles. The largest absolute Gasteiger partial charge is 0.320 e. The average molecular weight is 171 g/mol. The molecule has 0 rings (SSSR count).